The minimum Gasteiger partial charge on any atom is -0.493 e. The summed E-state index contributed by atoms with van der Waals surface area (Å²) < 4.78 is 12.1. The number of ether oxygens (including phenoxy) is 2. The molecule has 6 rings (SSSR count). The lowest BCUT2D eigenvalue weighted by Crippen LogP contribution is -2.51. The Morgan fingerprint density at radius 1 is 1.17 bits per heavy atom. The van der Waals surface area contributed by atoms with Gasteiger partial charge in [-0.2, -0.15) is 0 Å². The second kappa shape index (κ2) is 7.34. The molecule has 6 nitrogen and oxygen atoms in total. The van der Waals surface area contributed by atoms with Gasteiger partial charge in [-0.3, -0.25) is 14.9 Å². The van der Waals surface area contributed by atoms with Gasteiger partial charge in [0, 0.05) is 0 Å². The molecule has 8 heteroatoms. The van der Waals surface area contributed by atoms with Gasteiger partial charge in [-0.25, -0.2) is 0 Å². The summed E-state index contributed by atoms with van der Waals surface area (Å²) >= 11 is 8.49. The van der Waals surface area contributed by atoms with E-state index in [2.05, 4.69) is 26.6 Å². The van der Waals surface area contributed by atoms with E-state index in [0.717, 1.165) is 24.8 Å². The zero-order valence-corrected chi connectivity index (χ0v) is 19.0. The topological polar surface area (TPSA) is 76.7 Å². The zero-order valence-electron chi connectivity index (χ0n) is 16.6. The normalized spacial score (nSPS) is 32.9. The zero-order chi connectivity index (χ0) is 21.0. The maximum Gasteiger partial charge on any atom is 0.317 e. The molecule has 0 radical (unpaired) electrons. The first kappa shape index (κ1) is 20.0. The molecule has 1 amide bonds. The molecule has 4 aliphatic carbocycles. The van der Waals surface area contributed by atoms with E-state index in [9.17, 15) is 9.59 Å². The number of thiocarbonyl (C=S) groups is 1. The van der Waals surface area contributed by atoms with Crippen molar-refractivity contribution in [2.24, 2.45) is 23.2 Å². The van der Waals surface area contributed by atoms with Crippen molar-refractivity contribution in [1.82, 2.24) is 10.6 Å². The first-order chi connectivity index (χ1) is 14.3. The lowest BCUT2D eigenvalue weighted by Gasteiger charge is -2.55. The Balaban J connectivity index is 1.41. The smallest absolute Gasteiger partial charge is 0.317 e. The highest BCUT2D eigenvalue weighted by atomic mass is 79.9. The number of methoxy groups -OCH3 is 1. The van der Waals surface area contributed by atoms with Crippen LogP contribution in [0, 0.1) is 23.2 Å². The standard InChI is InChI=1S/C22H23BrN2O4S/c1-28-17-7-11(6-16-19(26)25-21(30)24-16)5-15(23)18(17)29-20(27)22-8-12-2-13(9-22)4-14(3-12)10-22/h5-7,12-14H,2-4,8-10H2,1H3,(H2,24,25,26,30). The van der Waals surface area contributed by atoms with Gasteiger partial charge in [0.05, 0.1) is 17.0 Å². The van der Waals surface area contributed by atoms with Crippen molar-refractivity contribution >= 4 is 51.2 Å². The predicted octanol–water partition coefficient (Wildman–Crippen LogP) is 3.92. The molecule has 0 spiro atoms. The molecule has 0 unspecified atom stereocenters. The summed E-state index contributed by atoms with van der Waals surface area (Å²) in [7, 11) is 1.54. The lowest BCUT2D eigenvalue weighted by atomic mass is 9.49. The summed E-state index contributed by atoms with van der Waals surface area (Å²) in [4.78, 5) is 25.2. The third-order valence-corrected chi connectivity index (χ3v) is 7.74. The van der Waals surface area contributed by atoms with Gasteiger partial charge in [-0.05, 0) is 108 Å². The van der Waals surface area contributed by atoms with E-state index >= 15 is 0 Å². The minimum absolute atomic E-state index is 0.131. The molecule has 1 aromatic rings. The van der Waals surface area contributed by atoms with Crippen LogP contribution in [0.25, 0.3) is 6.08 Å². The summed E-state index contributed by atoms with van der Waals surface area (Å²) in [6, 6.07) is 3.55. The molecule has 2 N–H and O–H groups in total. The van der Waals surface area contributed by atoms with E-state index in [0.29, 0.717) is 39.4 Å². The summed E-state index contributed by atoms with van der Waals surface area (Å²) in [5.74, 6) is 2.41. The van der Waals surface area contributed by atoms with E-state index in [-0.39, 0.29) is 22.4 Å². The Kier molecular flexibility index (Phi) is 4.89. The molecule has 1 aromatic carbocycles. The molecule has 5 fully saturated rings. The highest BCUT2D eigenvalue weighted by Crippen LogP contribution is 2.60. The minimum atomic E-state index is -0.346. The first-order valence-corrected chi connectivity index (χ1v) is 11.5. The largest absolute Gasteiger partial charge is 0.493 e. The number of halogens is 1. The molecule has 158 valence electrons. The van der Waals surface area contributed by atoms with E-state index < -0.39 is 0 Å². The lowest BCUT2D eigenvalue weighted by molar-refractivity contribution is -0.161. The Morgan fingerprint density at radius 3 is 2.33 bits per heavy atom. The van der Waals surface area contributed by atoms with Gasteiger partial charge in [-0.15, -0.1) is 0 Å². The summed E-state index contributed by atoms with van der Waals surface area (Å²) in [5.41, 5.74) is 0.726. The van der Waals surface area contributed by atoms with Gasteiger partial charge in [-0.1, -0.05) is 0 Å². The molecular weight excluding hydrogens is 468 g/mol. The monoisotopic (exact) mass is 490 g/mol. The highest BCUT2D eigenvalue weighted by molar-refractivity contribution is 9.10. The molecule has 0 atom stereocenters. The van der Waals surface area contributed by atoms with Crippen molar-refractivity contribution in [2.75, 3.05) is 7.11 Å². The second-order valence-corrected chi connectivity index (χ2v) is 10.4. The Morgan fingerprint density at radius 2 is 1.80 bits per heavy atom. The van der Waals surface area contributed by atoms with E-state index in [1.165, 1.54) is 26.4 Å². The van der Waals surface area contributed by atoms with Gasteiger partial charge in [0.25, 0.3) is 5.91 Å². The first-order valence-electron chi connectivity index (χ1n) is 10.3. The van der Waals surface area contributed by atoms with Crippen LogP contribution >= 0.6 is 28.1 Å². The van der Waals surface area contributed by atoms with Crippen LogP contribution in [0.1, 0.15) is 44.1 Å². The van der Waals surface area contributed by atoms with Gasteiger partial charge in [0.2, 0.25) is 0 Å². The molecule has 1 aliphatic heterocycles. The number of carbonyl (C=O) groups excluding carboxylic acids is 2. The van der Waals surface area contributed by atoms with Gasteiger partial charge in [0.1, 0.15) is 5.70 Å². The molecule has 4 saturated carbocycles. The van der Waals surface area contributed by atoms with Gasteiger partial charge >= 0.3 is 5.97 Å². The molecule has 30 heavy (non-hydrogen) atoms. The SMILES string of the molecule is COc1cc(C=C2NC(=S)NC2=O)cc(Br)c1OC(=O)C12CC3CC(CC(C3)C1)C2. The van der Waals surface area contributed by atoms with E-state index in [1.54, 1.807) is 18.2 Å². The van der Waals surface area contributed by atoms with Crippen LogP contribution in [0.5, 0.6) is 11.5 Å². The number of rotatable bonds is 4. The Bertz CT molecular complexity index is 954. The van der Waals surface area contributed by atoms with E-state index in [1.807, 2.05) is 0 Å². The Labute approximate surface area is 188 Å². The second-order valence-electron chi connectivity index (χ2n) is 9.09. The number of amides is 1. The number of hydrogen-bond acceptors (Lipinski definition) is 5. The van der Waals surface area contributed by atoms with E-state index in [4.69, 9.17) is 21.7 Å². The fraction of sp³-hybridized carbons (Fsp3) is 0.500. The van der Waals surface area contributed by atoms with Crippen LogP contribution < -0.4 is 20.1 Å². The molecule has 1 saturated heterocycles. The maximum atomic E-state index is 13.3. The van der Waals surface area contributed by atoms with Crippen LogP contribution in [0.2, 0.25) is 0 Å². The summed E-state index contributed by atoms with van der Waals surface area (Å²) in [6.07, 6.45) is 8.33. The fourth-order valence-electron chi connectivity index (χ4n) is 6.13. The predicted molar refractivity (Wildman–Crippen MR) is 119 cm³/mol. The van der Waals surface area contributed by atoms with Gasteiger partial charge in [0.15, 0.2) is 16.6 Å². The van der Waals surface area contributed by atoms with Crippen LogP contribution in [0.3, 0.4) is 0 Å². The number of hydrogen-bond donors (Lipinski definition) is 2. The van der Waals surface area contributed by atoms with Crippen molar-refractivity contribution in [3.05, 3.63) is 27.9 Å². The van der Waals surface area contributed by atoms with Crippen LogP contribution in [0.15, 0.2) is 22.3 Å². The van der Waals surface area contributed by atoms with Crippen LogP contribution in [-0.2, 0) is 9.59 Å². The van der Waals surface area contributed by atoms with Crippen molar-refractivity contribution in [2.45, 2.75) is 38.5 Å². The number of carbonyl (C=O) groups is 2. The van der Waals surface area contributed by atoms with Crippen LogP contribution in [-0.4, -0.2) is 24.1 Å². The highest BCUT2D eigenvalue weighted by Gasteiger charge is 2.55. The molecule has 4 bridgehead atoms. The quantitative estimate of drug-likeness (QED) is 0.288. The van der Waals surface area contributed by atoms with Gasteiger partial charge < -0.3 is 14.8 Å². The molecular formula is C22H23BrN2O4S. The van der Waals surface area contributed by atoms with Crippen molar-refractivity contribution in [1.29, 1.82) is 0 Å². The maximum absolute atomic E-state index is 13.3. The van der Waals surface area contributed by atoms with Crippen LogP contribution in [0.4, 0.5) is 0 Å². The van der Waals surface area contributed by atoms with Crippen molar-refractivity contribution in [3.63, 3.8) is 0 Å². The fourth-order valence-corrected chi connectivity index (χ4v) is 6.88. The number of esters is 1. The third-order valence-electron chi connectivity index (χ3n) is 6.95. The Hall–Kier alpha value is -1.93. The number of benzene rings is 1. The average Bonchev–Trinajstić information content (AvgIpc) is 2.99. The van der Waals surface area contributed by atoms with Crippen molar-refractivity contribution in [3.8, 4) is 11.5 Å². The molecule has 5 aliphatic rings. The third kappa shape index (κ3) is 3.43. The number of nitrogens with one attached hydrogen (secondary N) is 2. The summed E-state index contributed by atoms with van der Waals surface area (Å²) in [6.45, 7) is 0. The average molecular weight is 491 g/mol. The van der Waals surface area contributed by atoms with Crippen molar-refractivity contribution < 1.29 is 19.1 Å². The summed E-state index contributed by atoms with van der Waals surface area (Å²) in [5, 5.41) is 5.63. The molecule has 0 aromatic heterocycles. The molecule has 1 heterocycles.